The number of aromatic nitrogens is 4. The Balaban J connectivity index is 1.72. The van der Waals surface area contributed by atoms with Crippen molar-refractivity contribution >= 4 is 28.5 Å². The van der Waals surface area contributed by atoms with E-state index in [2.05, 4.69) is 24.9 Å². The van der Waals surface area contributed by atoms with Gasteiger partial charge in [-0.3, -0.25) is 4.79 Å². The summed E-state index contributed by atoms with van der Waals surface area (Å²) >= 11 is 1.09. The van der Waals surface area contributed by atoms with Crippen molar-refractivity contribution in [2.24, 2.45) is 0 Å². The predicted octanol–water partition coefficient (Wildman–Crippen LogP) is 1.65. The van der Waals surface area contributed by atoms with Crippen LogP contribution in [0, 0.1) is 6.92 Å². The minimum absolute atomic E-state index is 0.173. The number of imidazole rings is 1. The van der Waals surface area contributed by atoms with Crippen molar-refractivity contribution in [3.05, 3.63) is 40.7 Å². The summed E-state index contributed by atoms with van der Waals surface area (Å²) in [5, 5.41) is 6.61. The molecule has 2 aromatic heterocycles. The van der Waals surface area contributed by atoms with E-state index in [0.29, 0.717) is 17.1 Å². The lowest BCUT2D eigenvalue weighted by Gasteiger charge is -2.00. The zero-order valence-electron chi connectivity index (χ0n) is 10.2. The highest BCUT2D eigenvalue weighted by Gasteiger charge is 2.13. The van der Waals surface area contributed by atoms with E-state index in [4.69, 9.17) is 0 Å². The van der Waals surface area contributed by atoms with E-state index >= 15 is 0 Å². The van der Waals surface area contributed by atoms with E-state index in [0.717, 1.165) is 28.4 Å². The number of hydrogen-bond donors (Lipinski definition) is 2. The Labute approximate surface area is 113 Å². The van der Waals surface area contributed by atoms with E-state index in [1.54, 1.807) is 6.92 Å². The molecule has 1 amide bonds. The second-order valence-corrected chi connectivity index (χ2v) is 4.82. The number of rotatable bonds is 3. The lowest BCUT2D eigenvalue weighted by Crippen LogP contribution is -2.23. The van der Waals surface area contributed by atoms with Crippen LogP contribution in [0.3, 0.4) is 0 Å². The summed E-state index contributed by atoms with van der Waals surface area (Å²) in [4.78, 5) is 20.0. The summed E-state index contributed by atoms with van der Waals surface area (Å²) in [7, 11) is 0. The Morgan fingerprint density at radius 2 is 2.26 bits per heavy atom. The molecule has 96 valence electrons. The topological polar surface area (TPSA) is 83.6 Å². The fourth-order valence-corrected chi connectivity index (χ4v) is 2.35. The zero-order chi connectivity index (χ0) is 13.2. The SMILES string of the molecule is Cc1nnsc1C(=O)NCc1nc2ccccc2[nH]1. The normalized spacial score (nSPS) is 10.8. The highest BCUT2D eigenvalue weighted by molar-refractivity contribution is 7.07. The van der Waals surface area contributed by atoms with E-state index < -0.39 is 0 Å². The Bertz CT molecular complexity index is 699. The van der Waals surface area contributed by atoms with Gasteiger partial charge >= 0.3 is 0 Å². The Kier molecular flexibility index (Phi) is 2.96. The number of carbonyl (C=O) groups is 1. The highest BCUT2D eigenvalue weighted by Crippen LogP contribution is 2.11. The van der Waals surface area contributed by atoms with Gasteiger partial charge in [0, 0.05) is 0 Å². The van der Waals surface area contributed by atoms with Gasteiger partial charge in [-0.1, -0.05) is 16.6 Å². The number of nitrogens with one attached hydrogen (secondary N) is 2. The van der Waals surface area contributed by atoms with E-state index in [1.165, 1.54) is 0 Å². The Morgan fingerprint density at radius 1 is 1.42 bits per heavy atom. The summed E-state index contributed by atoms with van der Waals surface area (Å²) in [6.07, 6.45) is 0. The molecule has 0 saturated heterocycles. The van der Waals surface area contributed by atoms with Gasteiger partial charge in [0.15, 0.2) is 0 Å². The van der Waals surface area contributed by atoms with Crippen molar-refractivity contribution in [1.29, 1.82) is 0 Å². The number of H-pyrrole nitrogens is 1. The molecular formula is C12H11N5OS. The molecule has 0 spiro atoms. The summed E-state index contributed by atoms with van der Waals surface area (Å²) in [5.74, 6) is 0.553. The molecule has 0 fully saturated rings. The minimum atomic E-state index is -0.173. The van der Waals surface area contributed by atoms with Gasteiger partial charge in [-0.05, 0) is 30.6 Å². The van der Waals surface area contributed by atoms with Crippen molar-refractivity contribution < 1.29 is 4.79 Å². The standard InChI is InChI=1S/C12H11N5OS/c1-7-11(19-17-16-7)12(18)13-6-10-14-8-4-2-3-5-9(8)15-10/h2-5H,6H2,1H3,(H,13,18)(H,14,15). The van der Waals surface area contributed by atoms with Gasteiger partial charge < -0.3 is 10.3 Å². The molecule has 0 radical (unpaired) electrons. The maximum Gasteiger partial charge on any atom is 0.265 e. The summed E-state index contributed by atoms with van der Waals surface area (Å²) in [6.45, 7) is 2.12. The molecule has 0 bridgehead atoms. The van der Waals surface area contributed by atoms with Crippen molar-refractivity contribution in [3.8, 4) is 0 Å². The Morgan fingerprint density at radius 3 is 3.00 bits per heavy atom. The van der Waals surface area contributed by atoms with Gasteiger partial charge in [0.05, 0.1) is 23.3 Å². The molecule has 0 aliphatic rings. The van der Waals surface area contributed by atoms with E-state index in [9.17, 15) is 4.79 Å². The van der Waals surface area contributed by atoms with Gasteiger partial charge in [0.2, 0.25) is 0 Å². The molecule has 19 heavy (non-hydrogen) atoms. The first-order valence-electron chi connectivity index (χ1n) is 5.75. The summed E-state index contributed by atoms with van der Waals surface area (Å²) < 4.78 is 3.74. The van der Waals surface area contributed by atoms with Crippen molar-refractivity contribution in [2.75, 3.05) is 0 Å². The van der Waals surface area contributed by atoms with Crippen molar-refractivity contribution in [1.82, 2.24) is 24.9 Å². The van der Waals surface area contributed by atoms with E-state index in [-0.39, 0.29) is 5.91 Å². The molecule has 7 heteroatoms. The quantitative estimate of drug-likeness (QED) is 0.760. The third-order valence-electron chi connectivity index (χ3n) is 2.71. The average Bonchev–Trinajstić information content (AvgIpc) is 3.01. The smallest absolute Gasteiger partial charge is 0.265 e. The lowest BCUT2D eigenvalue weighted by molar-refractivity contribution is 0.0953. The van der Waals surface area contributed by atoms with Gasteiger partial charge in [0.25, 0.3) is 5.91 Å². The zero-order valence-corrected chi connectivity index (χ0v) is 11.0. The van der Waals surface area contributed by atoms with Crippen molar-refractivity contribution in [3.63, 3.8) is 0 Å². The molecule has 3 aromatic rings. The largest absolute Gasteiger partial charge is 0.344 e. The average molecular weight is 273 g/mol. The van der Waals surface area contributed by atoms with Gasteiger partial charge in [0.1, 0.15) is 10.7 Å². The molecule has 3 rings (SSSR count). The van der Waals surface area contributed by atoms with Crippen LogP contribution in [0.4, 0.5) is 0 Å². The molecule has 2 N–H and O–H groups in total. The number of hydrogen-bond acceptors (Lipinski definition) is 5. The molecule has 0 atom stereocenters. The molecule has 6 nitrogen and oxygen atoms in total. The monoisotopic (exact) mass is 273 g/mol. The maximum atomic E-state index is 11.9. The second kappa shape index (κ2) is 4.77. The van der Waals surface area contributed by atoms with Crippen LogP contribution in [0.1, 0.15) is 21.2 Å². The first kappa shape index (κ1) is 11.8. The second-order valence-electron chi connectivity index (χ2n) is 4.07. The van der Waals surface area contributed by atoms with Crippen LogP contribution in [0.25, 0.3) is 11.0 Å². The van der Waals surface area contributed by atoms with Crippen LogP contribution < -0.4 is 5.32 Å². The fourth-order valence-electron chi connectivity index (χ4n) is 1.77. The maximum absolute atomic E-state index is 11.9. The summed E-state index contributed by atoms with van der Waals surface area (Å²) in [5.41, 5.74) is 2.50. The number of aromatic amines is 1. The van der Waals surface area contributed by atoms with Gasteiger partial charge in [-0.15, -0.1) is 5.10 Å². The highest BCUT2D eigenvalue weighted by atomic mass is 32.1. The van der Waals surface area contributed by atoms with Crippen LogP contribution in [0.5, 0.6) is 0 Å². The van der Waals surface area contributed by atoms with Crippen molar-refractivity contribution in [2.45, 2.75) is 13.5 Å². The lowest BCUT2D eigenvalue weighted by atomic mass is 10.3. The number of fused-ring (bicyclic) bond motifs is 1. The third kappa shape index (κ3) is 2.32. The first-order valence-corrected chi connectivity index (χ1v) is 6.52. The third-order valence-corrected chi connectivity index (χ3v) is 3.54. The van der Waals surface area contributed by atoms with E-state index in [1.807, 2.05) is 24.3 Å². The molecular weight excluding hydrogens is 262 g/mol. The first-order chi connectivity index (χ1) is 9.24. The minimum Gasteiger partial charge on any atom is -0.344 e. The predicted molar refractivity (Wildman–Crippen MR) is 71.9 cm³/mol. The number of amides is 1. The van der Waals surface area contributed by atoms with Crippen LogP contribution >= 0.6 is 11.5 Å². The number of nitrogens with zero attached hydrogens (tertiary/aromatic N) is 3. The van der Waals surface area contributed by atoms with Crippen LogP contribution in [0.2, 0.25) is 0 Å². The number of aryl methyl sites for hydroxylation is 1. The molecule has 2 heterocycles. The van der Waals surface area contributed by atoms with Gasteiger partial charge in [-0.2, -0.15) is 0 Å². The van der Waals surface area contributed by atoms with Gasteiger partial charge in [-0.25, -0.2) is 4.98 Å². The molecule has 0 saturated carbocycles. The summed E-state index contributed by atoms with van der Waals surface area (Å²) in [6, 6.07) is 7.74. The molecule has 0 aliphatic carbocycles. The number of para-hydroxylation sites is 2. The molecule has 0 aliphatic heterocycles. The fraction of sp³-hybridized carbons (Fsp3) is 0.167. The van der Waals surface area contributed by atoms with Crippen LogP contribution in [-0.4, -0.2) is 25.5 Å². The number of benzene rings is 1. The molecule has 0 unspecified atom stereocenters. The van der Waals surface area contributed by atoms with Crippen LogP contribution in [-0.2, 0) is 6.54 Å². The Hall–Kier alpha value is -2.28. The number of carbonyl (C=O) groups excluding carboxylic acids is 1. The molecule has 1 aromatic carbocycles. The van der Waals surface area contributed by atoms with Crippen LogP contribution in [0.15, 0.2) is 24.3 Å².